The fourth-order valence-electron chi connectivity index (χ4n) is 3.52. The topological polar surface area (TPSA) is 22.0 Å². The molecule has 0 fully saturated rings. The number of benzene rings is 2. The number of carbonyl (C=O) groups is 1. The first-order chi connectivity index (χ1) is 10.2. The Morgan fingerprint density at radius 2 is 1.81 bits per heavy atom. The zero-order chi connectivity index (χ0) is 14.6. The summed E-state index contributed by atoms with van der Waals surface area (Å²) in [7, 11) is 1.91. The highest BCUT2D eigenvalue weighted by molar-refractivity contribution is 6.07. The van der Waals surface area contributed by atoms with Crippen LogP contribution in [0, 0.1) is 5.82 Å². The highest BCUT2D eigenvalue weighted by atomic mass is 19.1. The van der Waals surface area contributed by atoms with Crippen LogP contribution >= 0.6 is 0 Å². The van der Waals surface area contributed by atoms with Crippen LogP contribution in [0.1, 0.15) is 34.0 Å². The van der Waals surface area contributed by atoms with Crippen molar-refractivity contribution in [3.8, 4) is 0 Å². The van der Waals surface area contributed by atoms with E-state index < -0.39 is 0 Å². The molecule has 0 N–H and O–H groups in total. The molecule has 104 valence electrons. The molecule has 0 bridgehead atoms. The molecule has 3 aromatic rings. The third kappa shape index (κ3) is 1.60. The smallest absolute Gasteiger partial charge is 0.180 e. The molecule has 0 spiro atoms. The van der Waals surface area contributed by atoms with E-state index in [1.807, 2.05) is 41.9 Å². The third-order valence-electron chi connectivity index (χ3n) is 4.43. The lowest BCUT2D eigenvalue weighted by atomic mass is 9.92. The van der Waals surface area contributed by atoms with Crippen molar-refractivity contribution in [1.82, 2.24) is 4.57 Å². The summed E-state index contributed by atoms with van der Waals surface area (Å²) >= 11 is 0. The van der Waals surface area contributed by atoms with Gasteiger partial charge in [-0.15, -0.1) is 0 Å². The molecule has 0 amide bonds. The van der Waals surface area contributed by atoms with E-state index in [0.29, 0.717) is 12.0 Å². The van der Waals surface area contributed by atoms with E-state index in [4.69, 9.17) is 0 Å². The van der Waals surface area contributed by atoms with Crippen LogP contribution in [0.25, 0.3) is 10.9 Å². The zero-order valence-corrected chi connectivity index (χ0v) is 11.6. The van der Waals surface area contributed by atoms with Crippen LogP contribution in [0.2, 0.25) is 0 Å². The first kappa shape index (κ1) is 12.3. The van der Waals surface area contributed by atoms with E-state index >= 15 is 0 Å². The molecule has 0 saturated heterocycles. The normalized spacial score (nSPS) is 17.4. The summed E-state index contributed by atoms with van der Waals surface area (Å²) in [6, 6.07) is 14.7. The number of carbonyl (C=O) groups excluding carboxylic acids is 1. The van der Waals surface area contributed by atoms with Crippen LogP contribution in [0.3, 0.4) is 0 Å². The quantitative estimate of drug-likeness (QED) is 0.659. The molecule has 0 radical (unpaired) electrons. The predicted molar refractivity (Wildman–Crippen MR) is 80.1 cm³/mol. The van der Waals surface area contributed by atoms with Crippen LogP contribution in [-0.2, 0) is 7.05 Å². The summed E-state index contributed by atoms with van der Waals surface area (Å²) < 4.78 is 16.1. The minimum atomic E-state index is -0.240. The standard InChI is InChI=1S/C18H14FNO/c1-20-15-9-5-3-7-12(15)17-13(10-16(21)18(17)20)11-6-2-4-8-14(11)19/h2-9,13H,10H2,1H3/t13-/m1/s1. The Balaban J connectivity index is 2.04. The average molecular weight is 279 g/mol. The molecular weight excluding hydrogens is 265 g/mol. The molecule has 1 aromatic heterocycles. The van der Waals surface area contributed by atoms with Crippen molar-refractivity contribution in [2.24, 2.45) is 7.05 Å². The number of nitrogens with zero attached hydrogens (tertiary/aromatic N) is 1. The molecule has 4 rings (SSSR count). The Bertz CT molecular complexity index is 878. The number of fused-ring (bicyclic) bond motifs is 3. The number of rotatable bonds is 1. The van der Waals surface area contributed by atoms with Crippen LogP contribution in [0.4, 0.5) is 4.39 Å². The predicted octanol–water partition coefficient (Wildman–Crippen LogP) is 4.04. The zero-order valence-electron chi connectivity index (χ0n) is 11.6. The van der Waals surface area contributed by atoms with E-state index in [1.165, 1.54) is 6.07 Å². The number of aryl methyl sites for hydroxylation is 1. The third-order valence-corrected chi connectivity index (χ3v) is 4.43. The Labute approximate surface area is 121 Å². The lowest BCUT2D eigenvalue weighted by Crippen LogP contribution is -2.02. The first-order valence-corrected chi connectivity index (χ1v) is 7.03. The second kappa shape index (κ2) is 4.29. The van der Waals surface area contributed by atoms with Gasteiger partial charge in [-0.2, -0.15) is 0 Å². The van der Waals surface area contributed by atoms with E-state index in [0.717, 1.165) is 22.2 Å². The minimum Gasteiger partial charge on any atom is -0.341 e. The van der Waals surface area contributed by atoms with Gasteiger partial charge in [-0.05, 0) is 23.3 Å². The van der Waals surface area contributed by atoms with Crippen molar-refractivity contribution in [1.29, 1.82) is 0 Å². The molecule has 0 unspecified atom stereocenters. The van der Waals surface area contributed by atoms with Gasteiger partial charge < -0.3 is 4.57 Å². The lowest BCUT2D eigenvalue weighted by molar-refractivity contribution is 0.0984. The molecule has 0 saturated carbocycles. The summed E-state index contributed by atoms with van der Waals surface area (Å²) in [5.74, 6) is -0.326. The summed E-state index contributed by atoms with van der Waals surface area (Å²) in [6.45, 7) is 0. The highest BCUT2D eigenvalue weighted by Crippen LogP contribution is 2.44. The van der Waals surface area contributed by atoms with Gasteiger partial charge in [0.1, 0.15) is 5.82 Å². The fourth-order valence-corrected chi connectivity index (χ4v) is 3.52. The SMILES string of the molecule is Cn1c2c(c3ccccc31)[C@@H](c1ccccc1F)CC2=O. The molecule has 1 aliphatic carbocycles. The molecule has 1 aliphatic rings. The molecule has 2 aromatic carbocycles. The maximum atomic E-state index is 14.2. The number of hydrogen-bond acceptors (Lipinski definition) is 1. The maximum absolute atomic E-state index is 14.2. The molecule has 2 nitrogen and oxygen atoms in total. The second-order valence-electron chi connectivity index (χ2n) is 5.54. The number of Topliss-reactive ketones (excluding diaryl/α,β-unsaturated/α-hetero) is 1. The van der Waals surface area contributed by atoms with Gasteiger partial charge in [0, 0.05) is 30.3 Å². The van der Waals surface area contributed by atoms with Gasteiger partial charge in [0.05, 0.1) is 5.69 Å². The van der Waals surface area contributed by atoms with Crippen LogP contribution in [0.15, 0.2) is 48.5 Å². The number of para-hydroxylation sites is 1. The van der Waals surface area contributed by atoms with E-state index in [9.17, 15) is 9.18 Å². The first-order valence-electron chi connectivity index (χ1n) is 7.03. The van der Waals surface area contributed by atoms with Gasteiger partial charge in [0.25, 0.3) is 0 Å². The van der Waals surface area contributed by atoms with Gasteiger partial charge in [0.15, 0.2) is 5.78 Å². The number of hydrogen-bond donors (Lipinski definition) is 0. The summed E-state index contributed by atoms with van der Waals surface area (Å²) in [4.78, 5) is 12.4. The van der Waals surface area contributed by atoms with Gasteiger partial charge in [-0.25, -0.2) is 4.39 Å². The van der Waals surface area contributed by atoms with Crippen molar-refractivity contribution >= 4 is 16.7 Å². The average Bonchev–Trinajstić information content (AvgIpc) is 2.98. The molecule has 1 atom stereocenters. The summed E-state index contributed by atoms with van der Waals surface area (Å²) in [6.07, 6.45) is 0.351. The monoisotopic (exact) mass is 279 g/mol. The van der Waals surface area contributed by atoms with Crippen molar-refractivity contribution in [3.05, 3.63) is 71.2 Å². The van der Waals surface area contributed by atoms with Crippen molar-refractivity contribution < 1.29 is 9.18 Å². The van der Waals surface area contributed by atoms with E-state index in [1.54, 1.807) is 12.1 Å². The number of ketones is 1. The Morgan fingerprint density at radius 3 is 2.62 bits per heavy atom. The lowest BCUT2D eigenvalue weighted by Gasteiger charge is -2.11. The van der Waals surface area contributed by atoms with Gasteiger partial charge in [-0.1, -0.05) is 36.4 Å². The number of aromatic nitrogens is 1. The van der Waals surface area contributed by atoms with Crippen LogP contribution in [-0.4, -0.2) is 10.4 Å². The molecule has 0 aliphatic heterocycles. The van der Waals surface area contributed by atoms with E-state index in [-0.39, 0.29) is 17.5 Å². The van der Waals surface area contributed by atoms with Gasteiger partial charge >= 0.3 is 0 Å². The Morgan fingerprint density at radius 1 is 1.10 bits per heavy atom. The van der Waals surface area contributed by atoms with Gasteiger partial charge in [0.2, 0.25) is 0 Å². The Kier molecular flexibility index (Phi) is 2.52. The number of halogens is 1. The second-order valence-corrected chi connectivity index (χ2v) is 5.54. The van der Waals surface area contributed by atoms with Crippen molar-refractivity contribution in [3.63, 3.8) is 0 Å². The molecule has 21 heavy (non-hydrogen) atoms. The molecule has 1 heterocycles. The maximum Gasteiger partial charge on any atom is 0.180 e. The minimum absolute atomic E-state index is 0.0944. The van der Waals surface area contributed by atoms with E-state index in [2.05, 4.69) is 0 Å². The summed E-state index contributed by atoms with van der Waals surface area (Å²) in [5.41, 5.74) is 3.34. The Hall–Kier alpha value is -2.42. The molecule has 3 heteroatoms. The van der Waals surface area contributed by atoms with Crippen LogP contribution in [0.5, 0.6) is 0 Å². The largest absolute Gasteiger partial charge is 0.341 e. The van der Waals surface area contributed by atoms with Crippen LogP contribution < -0.4 is 0 Å². The molecular formula is C18H14FNO. The highest BCUT2D eigenvalue weighted by Gasteiger charge is 2.36. The summed E-state index contributed by atoms with van der Waals surface area (Å²) in [5, 5.41) is 1.05. The fraction of sp³-hybridized carbons (Fsp3) is 0.167. The van der Waals surface area contributed by atoms with Crippen molar-refractivity contribution in [2.45, 2.75) is 12.3 Å². The van der Waals surface area contributed by atoms with Crippen molar-refractivity contribution in [2.75, 3.05) is 0 Å². The van der Waals surface area contributed by atoms with Gasteiger partial charge in [-0.3, -0.25) is 4.79 Å².